The maximum Gasteiger partial charge on any atom is 0.332 e. The molecule has 0 saturated carbocycles. The van der Waals surface area contributed by atoms with Crippen molar-refractivity contribution >= 4 is 12.2 Å². The fourth-order valence-corrected chi connectivity index (χ4v) is 0.948. The number of benzene rings is 1. The molecule has 0 spiro atoms. The summed E-state index contributed by atoms with van der Waals surface area (Å²) in [6.45, 7) is 1.31. The average Bonchev–Trinajstić information content (AvgIpc) is 2.18. The molecule has 0 atom stereocenters. The predicted octanol–water partition coefficient (Wildman–Crippen LogP) is 1.28. The number of carbonyl (C=O) groups excluding carboxylic acids is 1. The van der Waals surface area contributed by atoms with Gasteiger partial charge in [0.05, 0.1) is 6.21 Å². The molecule has 80 valence electrons. The largest absolute Gasteiger partial charge is 0.350 e. The second-order valence-electron chi connectivity index (χ2n) is 2.81. The summed E-state index contributed by atoms with van der Waals surface area (Å²) >= 11 is 0. The Labute approximate surface area is 84.8 Å². The van der Waals surface area contributed by atoms with E-state index in [1.54, 1.807) is 0 Å². The summed E-state index contributed by atoms with van der Waals surface area (Å²) in [6.07, 6.45) is 1.05. The minimum Gasteiger partial charge on any atom is -0.350 e. The standard InChI is InChI=1S/C9H9F2N3O/c1-5-7(10)3-2-6(8(5)11)4-13-14-9(12)15/h2-4H,1H3,(H3,12,14,15). The van der Waals surface area contributed by atoms with Gasteiger partial charge in [-0.15, -0.1) is 0 Å². The number of hydrogen-bond donors (Lipinski definition) is 2. The van der Waals surface area contributed by atoms with Crippen LogP contribution < -0.4 is 11.2 Å². The van der Waals surface area contributed by atoms with Gasteiger partial charge < -0.3 is 5.73 Å². The topological polar surface area (TPSA) is 67.5 Å². The molecular weight excluding hydrogens is 204 g/mol. The Hall–Kier alpha value is -1.98. The molecule has 2 amide bonds. The number of hydrogen-bond acceptors (Lipinski definition) is 2. The zero-order valence-electron chi connectivity index (χ0n) is 7.92. The summed E-state index contributed by atoms with van der Waals surface area (Å²) in [7, 11) is 0. The van der Waals surface area contributed by atoms with E-state index in [9.17, 15) is 13.6 Å². The normalized spacial score (nSPS) is 10.6. The van der Waals surface area contributed by atoms with Crippen molar-refractivity contribution in [1.29, 1.82) is 0 Å². The monoisotopic (exact) mass is 213 g/mol. The molecule has 1 rings (SSSR count). The summed E-state index contributed by atoms with van der Waals surface area (Å²) in [6, 6.07) is 1.47. The maximum absolute atomic E-state index is 13.3. The first-order valence-corrected chi connectivity index (χ1v) is 4.05. The minimum absolute atomic E-state index is 0.0719. The Kier molecular flexibility index (Phi) is 3.33. The van der Waals surface area contributed by atoms with Gasteiger partial charge in [-0.25, -0.2) is 19.0 Å². The van der Waals surface area contributed by atoms with Crippen LogP contribution in [-0.2, 0) is 0 Å². The molecule has 0 aromatic heterocycles. The van der Waals surface area contributed by atoms with E-state index in [2.05, 4.69) is 5.10 Å². The van der Waals surface area contributed by atoms with Crippen LogP contribution in [0.25, 0.3) is 0 Å². The van der Waals surface area contributed by atoms with Gasteiger partial charge in [0.1, 0.15) is 11.6 Å². The summed E-state index contributed by atoms with van der Waals surface area (Å²) in [4.78, 5) is 10.2. The van der Waals surface area contributed by atoms with Crippen LogP contribution in [0.4, 0.5) is 13.6 Å². The molecule has 0 saturated heterocycles. The summed E-state index contributed by atoms with van der Waals surface area (Å²) in [5, 5.41) is 3.36. The van der Waals surface area contributed by atoms with E-state index in [-0.39, 0.29) is 11.1 Å². The molecule has 0 heterocycles. The Bertz CT molecular complexity index is 418. The molecular formula is C9H9F2N3O. The van der Waals surface area contributed by atoms with Gasteiger partial charge in [-0.1, -0.05) is 0 Å². The van der Waals surface area contributed by atoms with Crippen LogP contribution >= 0.6 is 0 Å². The van der Waals surface area contributed by atoms with E-state index >= 15 is 0 Å². The fourth-order valence-electron chi connectivity index (χ4n) is 0.948. The van der Waals surface area contributed by atoms with E-state index < -0.39 is 17.7 Å². The number of nitrogens with zero attached hydrogens (tertiary/aromatic N) is 1. The lowest BCUT2D eigenvalue weighted by molar-refractivity contribution is 0.249. The third-order valence-electron chi connectivity index (χ3n) is 1.73. The van der Waals surface area contributed by atoms with Crippen molar-refractivity contribution in [2.45, 2.75) is 6.92 Å². The van der Waals surface area contributed by atoms with Gasteiger partial charge in [-0.2, -0.15) is 5.10 Å². The van der Waals surface area contributed by atoms with Gasteiger partial charge >= 0.3 is 6.03 Å². The van der Waals surface area contributed by atoms with Crippen molar-refractivity contribution < 1.29 is 13.6 Å². The maximum atomic E-state index is 13.3. The van der Waals surface area contributed by atoms with Crippen LogP contribution in [0.15, 0.2) is 17.2 Å². The van der Waals surface area contributed by atoms with Gasteiger partial charge in [0.25, 0.3) is 0 Å². The SMILES string of the molecule is Cc1c(F)ccc(C=NNC(N)=O)c1F. The second kappa shape index (κ2) is 4.50. The quantitative estimate of drug-likeness (QED) is 0.564. The van der Waals surface area contributed by atoms with Crippen molar-refractivity contribution in [1.82, 2.24) is 5.43 Å². The Morgan fingerprint density at radius 2 is 2.20 bits per heavy atom. The van der Waals surface area contributed by atoms with Gasteiger partial charge in [-0.05, 0) is 19.1 Å². The highest BCUT2D eigenvalue weighted by Crippen LogP contribution is 2.13. The van der Waals surface area contributed by atoms with Gasteiger partial charge in [-0.3, -0.25) is 0 Å². The highest BCUT2D eigenvalue weighted by Gasteiger charge is 2.07. The van der Waals surface area contributed by atoms with Crippen molar-refractivity contribution in [2.24, 2.45) is 10.8 Å². The van der Waals surface area contributed by atoms with Crippen LogP contribution in [0, 0.1) is 18.6 Å². The number of rotatable bonds is 2. The van der Waals surface area contributed by atoms with Crippen molar-refractivity contribution in [3.05, 3.63) is 34.9 Å². The molecule has 0 aliphatic rings. The Balaban J connectivity index is 2.92. The van der Waals surface area contributed by atoms with Crippen LogP contribution in [0.1, 0.15) is 11.1 Å². The summed E-state index contributed by atoms with van der Waals surface area (Å²) in [5.41, 5.74) is 6.61. The number of halogens is 2. The van der Waals surface area contributed by atoms with E-state index in [4.69, 9.17) is 5.73 Å². The van der Waals surface area contributed by atoms with Crippen LogP contribution in [0.5, 0.6) is 0 Å². The molecule has 1 aromatic carbocycles. The minimum atomic E-state index is -0.856. The molecule has 4 nitrogen and oxygen atoms in total. The zero-order chi connectivity index (χ0) is 11.4. The van der Waals surface area contributed by atoms with E-state index in [1.165, 1.54) is 13.0 Å². The molecule has 15 heavy (non-hydrogen) atoms. The van der Waals surface area contributed by atoms with Crippen LogP contribution in [0.2, 0.25) is 0 Å². The molecule has 3 N–H and O–H groups in total. The second-order valence-corrected chi connectivity index (χ2v) is 2.81. The number of nitrogens with two attached hydrogens (primary N) is 1. The van der Waals surface area contributed by atoms with E-state index in [0.717, 1.165) is 12.3 Å². The van der Waals surface area contributed by atoms with Crippen molar-refractivity contribution in [2.75, 3.05) is 0 Å². The molecule has 1 aromatic rings. The van der Waals surface area contributed by atoms with Crippen LogP contribution in [0.3, 0.4) is 0 Å². The fraction of sp³-hybridized carbons (Fsp3) is 0.111. The lowest BCUT2D eigenvalue weighted by atomic mass is 10.1. The molecule has 0 fully saturated rings. The lowest BCUT2D eigenvalue weighted by Gasteiger charge is -2.01. The van der Waals surface area contributed by atoms with Gasteiger partial charge in [0, 0.05) is 11.1 Å². The Morgan fingerprint density at radius 3 is 2.80 bits per heavy atom. The van der Waals surface area contributed by atoms with Crippen molar-refractivity contribution in [3.63, 3.8) is 0 Å². The predicted molar refractivity (Wildman–Crippen MR) is 51.4 cm³/mol. The van der Waals surface area contributed by atoms with E-state index in [0.29, 0.717) is 0 Å². The van der Waals surface area contributed by atoms with Gasteiger partial charge in [0.2, 0.25) is 0 Å². The lowest BCUT2D eigenvalue weighted by Crippen LogP contribution is -2.24. The molecule has 6 heteroatoms. The molecule has 0 bridgehead atoms. The number of primary amides is 1. The third kappa shape index (κ3) is 2.73. The number of amides is 2. The van der Waals surface area contributed by atoms with E-state index in [1.807, 2.05) is 5.43 Å². The highest BCUT2D eigenvalue weighted by molar-refractivity contribution is 5.82. The summed E-state index contributed by atoms with van der Waals surface area (Å²) in [5.74, 6) is -1.35. The Morgan fingerprint density at radius 1 is 1.53 bits per heavy atom. The zero-order valence-corrected chi connectivity index (χ0v) is 7.92. The first-order chi connectivity index (χ1) is 7.02. The average molecular weight is 213 g/mol. The number of urea groups is 1. The highest BCUT2D eigenvalue weighted by atomic mass is 19.1. The molecule has 0 unspecified atom stereocenters. The third-order valence-corrected chi connectivity index (χ3v) is 1.73. The molecule has 0 aliphatic heterocycles. The van der Waals surface area contributed by atoms with Crippen molar-refractivity contribution in [3.8, 4) is 0 Å². The molecule has 0 aliphatic carbocycles. The smallest absolute Gasteiger partial charge is 0.332 e. The number of hydrazone groups is 1. The first-order valence-electron chi connectivity index (χ1n) is 4.05. The van der Waals surface area contributed by atoms with Crippen LogP contribution in [-0.4, -0.2) is 12.2 Å². The first kappa shape index (κ1) is 11.1. The van der Waals surface area contributed by atoms with Gasteiger partial charge in [0.15, 0.2) is 0 Å². The number of nitrogens with one attached hydrogen (secondary N) is 1. The summed E-state index contributed by atoms with van der Waals surface area (Å²) < 4.78 is 26.1. The molecule has 0 radical (unpaired) electrons. The number of carbonyl (C=O) groups is 1.